The molecule has 6 heteroatoms. The number of allylic oxidation sites excluding steroid dienone is 24. The molecule has 0 heterocycles. The zero-order valence-electron chi connectivity index (χ0n) is 53.2. The third kappa shape index (κ3) is 66.1. The lowest BCUT2D eigenvalue weighted by Gasteiger charge is -2.18. The zero-order valence-corrected chi connectivity index (χ0v) is 53.2. The summed E-state index contributed by atoms with van der Waals surface area (Å²) < 4.78 is 16.9. The number of unbranched alkanes of at least 4 members (excludes halogenated alkanes) is 25. The van der Waals surface area contributed by atoms with Gasteiger partial charge in [0.2, 0.25) is 0 Å². The quantitative estimate of drug-likeness (QED) is 0.0261. The summed E-state index contributed by atoms with van der Waals surface area (Å²) in [5.41, 5.74) is 0. The Kier molecular flexibility index (Phi) is 64.8. The Morgan fingerprint density at radius 1 is 0.256 bits per heavy atom. The number of ether oxygens (including phenoxy) is 3. The highest BCUT2D eigenvalue weighted by Crippen LogP contribution is 2.15. The molecule has 0 aromatic heterocycles. The Hall–Kier alpha value is -4.71. The number of hydrogen-bond donors (Lipinski definition) is 0. The Balaban J connectivity index is 4.44. The molecular weight excluding hydrogens is 1010 g/mol. The normalized spacial score (nSPS) is 13.1. The predicted molar refractivity (Wildman–Crippen MR) is 357 cm³/mol. The summed E-state index contributed by atoms with van der Waals surface area (Å²) in [4.78, 5) is 38.4. The van der Waals surface area contributed by atoms with E-state index in [9.17, 15) is 14.4 Å². The van der Waals surface area contributed by atoms with Gasteiger partial charge in [-0.1, -0.05) is 282 Å². The standard InChI is InChI=1S/C76H124O6/c1-4-7-10-13-16-19-22-25-28-31-33-35-36-37-38-39-40-42-43-45-48-51-54-57-60-63-66-69-75(78)81-72-73(71-80-74(77)68-65-62-59-56-53-50-47-30-27-24-21-18-15-12-9-6-3)82-76(79)70-67-64-61-58-55-52-49-46-44-41-34-32-29-26-23-20-17-14-11-8-5-2/h7-8,10-11,16-17,19-20,25-26,28-30,33-35,37-38,40-42,46-47,49,73H,4-6,9,12-15,18,21-24,27,31-32,36,39,43-45,48,50-72H2,1-3H3/b10-7-,11-8-,19-16-,20-17-,28-25-,29-26-,35-33-,38-37-,41-34-,42-40-,47-30-,49-46-. The average Bonchev–Trinajstić information content (AvgIpc) is 3.47. The molecule has 82 heavy (non-hydrogen) atoms. The van der Waals surface area contributed by atoms with Crippen LogP contribution in [-0.4, -0.2) is 37.2 Å². The second-order valence-corrected chi connectivity index (χ2v) is 22.0. The Labute approximate surface area is 506 Å². The van der Waals surface area contributed by atoms with Crippen LogP contribution in [0.15, 0.2) is 146 Å². The number of hydrogen-bond acceptors (Lipinski definition) is 6. The van der Waals surface area contributed by atoms with Crippen LogP contribution in [0.1, 0.15) is 297 Å². The molecule has 0 bridgehead atoms. The minimum Gasteiger partial charge on any atom is -0.462 e. The van der Waals surface area contributed by atoms with Gasteiger partial charge in [-0.15, -0.1) is 0 Å². The van der Waals surface area contributed by atoms with Gasteiger partial charge in [-0.25, -0.2) is 0 Å². The summed E-state index contributed by atoms with van der Waals surface area (Å²) in [5, 5.41) is 0. The highest BCUT2D eigenvalue weighted by Gasteiger charge is 2.19. The molecule has 0 aromatic rings. The van der Waals surface area contributed by atoms with E-state index in [2.05, 4.69) is 167 Å². The van der Waals surface area contributed by atoms with E-state index in [1.54, 1.807) is 0 Å². The molecule has 0 amide bonds. The lowest BCUT2D eigenvalue weighted by molar-refractivity contribution is -0.167. The maximum atomic E-state index is 12.9. The number of esters is 3. The van der Waals surface area contributed by atoms with Crippen molar-refractivity contribution in [3.05, 3.63) is 146 Å². The third-order valence-corrected chi connectivity index (χ3v) is 14.1. The SMILES string of the molecule is CC/C=C\C/C=C\C/C=C\C/C=C\C/C=C\C/C=C\CCCCCCCCCCC(=O)OCC(COC(=O)CCCCCCC/C=C\CCCCCCCCC)OC(=O)CCCCCCC/C=C\C/C=C\C/C=C\C/C=C\C/C=C\CC. The maximum Gasteiger partial charge on any atom is 0.306 e. The molecule has 6 nitrogen and oxygen atoms in total. The average molecular weight is 1130 g/mol. The van der Waals surface area contributed by atoms with E-state index in [-0.39, 0.29) is 31.1 Å². The van der Waals surface area contributed by atoms with Crippen molar-refractivity contribution in [2.45, 2.75) is 303 Å². The van der Waals surface area contributed by atoms with Crippen LogP contribution in [0, 0.1) is 0 Å². The fourth-order valence-corrected chi connectivity index (χ4v) is 9.06. The molecule has 0 spiro atoms. The van der Waals surface area contributed by atoms with Crippen molar-refractivity contribution < 1.29 is 28.6 Å². The predicted octanol–water partition coefficient (Wildman–Crippen LogP) is 23.5. The second-order valence-electron chi connectivity index (χ2n) is 22.0. The van der Waals surface area contributed by atoms with Crippen LogP contribution < -0.4 is 0 Å². The van der Waals surface area contributed by atoms with E-state index < -0.39 is 6.10 Å². The lowest BCUT2D eigenvalue weighted by Crippen LogP contribution is -2.30. The first kappa shape index (κ1) is 77.3. The van der Waals surface area contributed by atoms with Crippen molar-refractivity contribution in [2.24, 2.45) is 0 Å². The van der Waals surface area contributed by atoms with Gasteiger partial charge < -0.3 is 14.2 Å². The summed E-state index contributed by atoms with van der Waals surface area (Å²) >= 11 is 0. The van der Waals surface area contributed by atoms with E-state index >= 15 is 0 Å². The van der Waals surface area contributed by atoms with Crippen LogP contribution >= 0.6 is 0 Å². The summed E-state index contributed by atoms with van der Waals surface area (Å²) in [6, 6.07) is 0. The second kappa shape index (κ2) is 68.8. The summed E-state index contributed by atoms with van der Waals surface area (Å²) in [6.45, 7) is 6.39. The van der Waals surface area contributed by atoms with Gasteiger partial charge in [-0.2, -0.15) is 0 Å². The first-order valence-electron chi connectivity index (χ1n) is 33.8. The van der Waals surface area contributed by atoms with Crippen LogP contribution in [0.5, 0.6) is 0 Å². The number of rotatable bonds is 60. The Bertz CT molecular complexity index is 1780. The Morgan fingerprint density at radius 2 is 0.476 bits per heavy atom. The molecule has 0 aliphatic carbocycles. The van der Waals surface area contributed by atoms with Gasteiger partial charge >= 0.3 is 17.9 Å². The topological polar surface area (TPSA) is 78.9 Å². The molecule has 0 N–H and O–H groups in total. The summed E-state index contributed by atoms with van der Waals surface area (Å²) in [7, 11) is 0. The molecule has 0 fully saturated rings. The molecule has 1 unspecified atom stereocenters. The minimum absolute atomic E-state index is 0.0970. The van der Waals surface area contributed by atoms with Gasteiger partial charge in [0.1, 0.15) is 13.2 Å². The molecule has 0 aliphatic rings. The van der Waals surface area contributed by atoms with Gasteiger partial charge in [-0.3, -0.25) is 14.4 Å². The van der Waals surface area contributed by atoms with Gasteiger partial charge in [0.25, 0.3) is 0 Å². The van der Waals surface area contributed by atoms with Crippen LogP contribution in [0.4, 0.5) is 0 Å². The smallest absolute Gasteiger partial charge is 0.306 e. The van der Waals surface area contributed by atoms with Crippen molar-refractivity contribution in [1.82, 2.24) is 0 Å². The molecule has 0 radical (unpaired) electrons. The molecule has 0 aliphatic heterocycles. The van der Waals surface area contributed by atoms with Crippen molar-refractivity contribution in [3.8, 4) is 0 Å². The summed E-state index contributed by atoms with van der Waals surface area (Å²) in [6.07, 6.45) is 98.5. The zero-order chi connectivity index (χ0) is 59.2. The van der Waals surface area contributed by atoms with Crippen molar-refractivity contribution in [3.63, 3.8) is 0 Å². The first-order valence-corrected chi connectivity index (χ1v) is 33.8. The molecule has 0 aromatic carbocycles. The molecule has 464 valence electrons. The van der Waals surface area contributed by atoms with Crippen LogP contribution in [0.2, 0.25) is 0 Å². The lowest BCUT2D eigenvalue weighted by atomic mass is 10.1. The van der Waals surface area contributed by atoms with E-state index in [0.29, 0.717) is 19.3 Å². The molecule has 0 rings (SSSR count). The van der Waals surface area contributed by atoms with Crippen molar-refractivity contribution >= 4 is 17.9 Å². The minimum atomic E-state index is -0.804. The fourth-order valence-electron chi connectivity index (χ4n) is 9.06. The van der Waals surface area contributed by atoms with Crippen LogP contribution in [0.25, 0.3) is 0 Å². The van der Waals surface area contributed by atoms with Crippen molar-refractivity contribution in [2.75, 3.05) is 13.2 Å². The fraction of sp³-hybridized carbons (Fsp3) is 0.645. The molecule has 1 atom stereocenters. The van der Waals surface area contributed by atoms with E-state index in [4.69, 9.17) is 14.2 Å². The Morgan fingerprint density at radius 3 is 0.756 bits per heavy atom. The van der Waals surface area contributed by atoms with Crippen molar-refractivity contribution in [1.29, 1.82) is 0 Å². The number of carbonyl (C=O) groups excluding carboxylic acids is 3. The van der Waals surface area contributed by atoms with E-state index in [1.807, 2.05) is 0 Å². The largest absolute Gasteiger partial charge is 0.462 e. The maximum absolute atomic E-state index is 12.9. The highest BCUT2D eigenvalue weighted by molar-refractivity contribution is 5.71. The highest BCUT2D eigenvalue weighted by atomic mass is 16.6. The van der Waals surface area contributed by atoms with Gasteiger partial charge in [0.15, 0.2) is 6.10 Å². The monoisotopic (exact) mass is 1130 g/mol. The number of carbonyl (C=O) groups is 3. The van der Waals surface area contributed by atoms with Gasteiger partial charge in [0, 0.05) is 19.3 Å². The van der Waals surface area contributed by atoms with E-state index in [0.717, 1.165) is 167 Å². The molecule has 0 saturated carbocycles. The first-order chi connectivity index (χ1) is 40.5. The summed E-state index contributed by atoms with van der Waals surface area (Å²) in [5.74, 6) is -0.928. The van der Waals surface area contributed by atoms with E-state index in [1.165, 1.54) is 89.9 Å². The third-order valence-electron chi connectivity index (χ3n) is 14.1. The van der Waals surface area contributed by atoms with Crippen LogP contribution in [-0.2, 0) is 28.6 Å². The van der Waals surface area contributed by atoms with Crippen LogP contribution in [0.3, 0.4) is 0 Å². The molecular formula is C76H124O6. The van der Waals surface area contributed by atoms with Gasteiger partial charge in [0.05, 0.1) is 0 Å². The van der Waals surface area contributed by atoms with Gasteiger partial charge in [-0.05, 0) is 141 Å². The molecule has 0 saturated heterocycles.